The maximum atomic E-state index is 12.9. The van der Waals surface area contributed by atoms with E-state index < -0.39 is 6.29 Å². The van der Waals surface area contributed by atoms with Gasteiger partial charge in [0.1, 0.15) is 0 Å². The van der Waals surface area contributed by atoms with Crippen LogP contribution >= 0.6 is 0 Å². The van der Waals surface area contributed by atoms with E-state index >= 15 is 0 Å². The first-order valence-electron chi connectivity index (χ1n) is 6.73. The summed E-state index contributed by atoms with van der Waals surface area (Å²) < 4.78 is 34.6. The highest BCUT2D eigenvalue weighted by molar-refractivity contribution is 5.45. The first-order chi connectivity index (χ1) is 9.12. The van der Waals surface area contributed by atoms with Gasteiger partial charge in [0.25, 0.3) is 0 Å². The maximum absolute atomic E-state index is 12.9. The van der Waals surface area contributed by atoms with Crippen LogP contribution in [0, 0.1) is 0 Å². The fourth-order valence-corrected chi connectivity index (χ4v) is 2.66. The molecule has 0 saturated carbocycles. The van der Waals surface area contributed by atoms with Crippen LogP contribution in [0.2, 0.25) is 0 Å². The summed E-state index contributed by atoms with van der Waals surface area (Å²) in [6.07, 6.45) is 0.976. The number of rotatable bonds is 4. The van der Waals surface area contributed by atoms with Crippen molar-refractivity contribution in [1.82, 2.24) is 4.90 Å². The molecule has 3 nitrogen and oxygen atoms in total. The highest BCUT2D eigenvalue weighted by atomic mass is 19.3. The lowest BCUT2D eigenvalue weighted by Gasteiger charge is -2.13. The molecule has 0 bridgehead atoms. The first-order valence-corrected chi connectivity index (χ1v) is 6.73. The van der Waals surface area contributed by atoms with Gasteiger partial charge in [0, 0.05) is 0 Å². The minimum Gasteiger partial charge on any atom is -0.395 e. The highest BCUT2D eigenvalue weighted by Gasteiger charge is 2.43. The van der Waals surface area contributed by atoms with Crippen LogP contribution in [0.15, 0.2) is 18.2 Å². The molecular weight excluding hydrogens is 252 g/mol. The van der Waals surface area contributed by atoms with Crippen molar-refractivity contribution in [3.63, 3.8) is 0 Å². The van der Waals surface area contributed by atoms with Crippen molar-refractivity contribution in [1.29, 1.82) is 0 Å². The average molecular weight is 269 g/mol. The Balaban J connectivity index is 1.55. The van der Waals surface area contributed by atoms with Gasteiger partial charge < -0.3 is 14.4 Å². The number of alkyl halides is 2. The van der Waals surface area contributed by atoms with Gasteiger partial charge in [-0.05, 0) is 63.0 Å². The molecule has 0 unspecified atom stereocenters. The van der Waals surface area contributed by atoms with Gasteiger partial charge in [-0.25, -0.2) is 0 Å². The van der Waals surface area contributed by atoms with Gasteiger partial charge in [-0.1, -0.05) is 6.07 Å². The van der Waals surface area contributed by atoms with Gasteiger partial charge in [0.15, 0.2) is 11.5 Å². The number of nitrogens with zero attached hydrogens (tertiary/aromatic N) is 1. The largest absolute Gasteiger partial charge is 0.586 e. The summed E-state index contributed by atoms with van der Waals surface area (Å²) in [6, 6.07) is 5.04. The Morgan fingerprint density at radius 3 is 2.63 bits per heavy atom. The predicted molar refractivity (Wildman–Crippen MR) is 66.6 cm³/mol. The smallest absolute Gasteiger partial charge is 0.395 e. The fraction of sp³-hybridized carbons (Fsp3) is 0.571. The van der Waals surface area contributed by atoms with Gasteiger partial charge in [-0.2, -0.15) is 0 Å². The molecule has 2 heterocycles. The van der Waals surface area contributed by atoms with E-state index in [9.17, 15) is 8.78 Å². The molecule has 2 aliphatic heterocycles. The molecule has 1 aromatic carbocycles. The zero-order valence-electron chi connectivity index (χ0n) is 10.7. The van der Waals surface area contributed by atoms with Crippen LogP contribution in [-0.2, 0) is 6.42 Å². The Hall–Kier alpha value is -1.36. The first kappa shape index (κ1) is 12.7. The van der Waals surface area contributed by atoms with Crippen molar-refractivity contribution in [2.45, 2.75) is 32.0 Å². The average Bonchev–Trinajstić information content (AvgIpc) is 2.94. The number of aryl methyl sites for hydroxylation is 1. The second-order valence-corrected chi connectivity index (χ2v) is 5.10. The van der Waals surface area contributed by atoms with E-state index in [-0.39, 0.29) is 11.5 Å². The lowest BCUT2D eigenvalue weighted by Crippen LogP contribution is -2.25. The number of hydrogen-bond donors (Lipinski definition) is 0. The van der Waals surface area contributed by atoms with E-state index in [0.29, 0.717) is 0 Å². The van der Waals surface area contributed by atoms with E-state index in [1.165, 1.54) is 25.9 Å². The molecule has 1 aromatic rings. The predicted octanol–water partition coefficient (Wildman–Crippen LogP) is 3.04. The third-order valence-electron chi connectivity index (χ3n) is 3.60. The van der Waals surface area contributed by atoms with Crippen LogP contribution in [-0.4, -0.2) is 30.8 Å². The lowest BCUT2D eigenvalue weighted by molar-refractivity contribution is -0.286. The van der Waals surface area contributed by atoms with Crippen LogP contribution in [0.3, 0.4) is 0 Å². The summed E-state index contributed by atoms with van der Waals surface area (Å²) >= 11 is 0. The number of halogens is 2. The zero-order valence-corrected chi connectivity index (χ0v) is 10.7. The normalized spacial score (nSPS) is 20.9. The van der Waals surface area contributed by atoms with Crippen molar-refractivity contribution < 1.29 is 18.3 Å². The Bertz CT molecular complexity index is 459. The molecule has 19 heavy (non-hydrogen) atoms. The van der Waals surface area contributed by atoms with Crippen LogP contribution in [0.1, 0.15) is 24.8 Å². The minimum absolute atomic E-state index is 0.119. The molecule has 0 spiro atoms. The van der Waals surface area contributed by atoms with Gasteiger partial charge in [-0.3, -0.25) is 0 Å². The fourth-order valence-electron chi connectivity index (χ4n) is 2.66. The number of hydrogen-bond acceptors (Lipinski definition) is 3. The SMILES string of the molecule is FC1(F)Oc2ccc(CCCN3CCCC3)cc2O1. The van der Waals surface area contributed by atoms with Crippen molar-refractivity contribution in [2.24, 2.45) is 0 Å². The van der Waals surface area contributed by atoms with Crippen molar-refractivity contribution in [3.05, 3.63) is 23.8 Å². The highest BCUT2D eigenvalue weighted by Crippen LogP contribution is 2.41. The Morgan fingerprint density at radius 2 is 1.84 bits per heavy atom. The van der Waals surface area contributed by atoms with Crippen LogP contribution < -0.4 is 9.47 Å². The molecule has 0 radical (unpaired) electrons. The molecule has 0 atom stereocenters. The third kappa shape index (κ3) is 2.97. The second-order valence-electron chi connectivity index (χ2n) is 5.10. The zero-order chi connectivity index (χ0) is 13.3. The van der Waals surface area contributed by atoms with Gasteiger partial charge >= 0.3 is 6.29 Å². The Kier molecular flexibility index (Phi) is 3.31. The number of likely N-dealkylation sites (tertiary alicyclic amines) is 1. The molecule has 0 N–H and O–H groups in total. The number of ether oxygens (including phenoxy) is 2. The van der Waals surface area contributed by atoms with Crippen LogP contribution in [0.5, 0.6) is 11.5 Å². The molecule has 104 valence electrons. The number of fused-ring (bicyclic) bond motifs is 1. The molecule has 1 fully saturated rings. The van der Waals surface area contributed by atoms with Crippen LogP contribution in [0.4, 0.5) is 8.78 Å². The standard InChI is InChI=1S/C14H17F2NO2/c15-14(16)18-12-6-5-11(10-13(12)19-14)4-3-9-17-7-1-2-8-17/h5-6,10H,1-4,7-9H2. The summed E-state index contributed by atoms with van der Waals surface area (Å²) in [4.78, 5) is 2.45. The summed E-state index contributed by atoms with van der Waals surface area (Å²) in [7, 11) is 0. The monoisotopic (exact) mass is 269 g/mol. The molecular formula is C14H17F2NO2. The molecule has 0 amide bonds. The van der Waals surface area contributed by atoms with Gasteiger partial charge in [0.05, 0.1) is 0 Å². The van der Waals surface area contributed by atoms with Crippen molar-refractivity contribution in [2.75, 3.05) is 19.6 Å². The molecule has 1 saturated heterocycles. The topological polar surface area (TPSA) is 21.7 Å². The molecule has 0 aromatic heterocycles. The Morgan fingerprint density at radius 1 is 1.11 bits per heavy atom. The van der Waals surface area contributed by atoms with Crippen molar-refractivity contribution >= 4 is 0 Å². The van der Waals surface area contributed by atoms with E-state index in [4.69, 9.17) is 0 Å². The number of benzene rings is 1. The minimum atomic E-state index is -3.52. The lowest BCUT2D eigenvalue weighted by atomic mass is 10.1. The van der Waals surface area contributed by atoms with Crippen LogP contribution in [0.25, 0.3) is 0 Å². The van der Waals surface area contributed by atoms with E-state index in [1.54, 1.807) is 12.1 Å². The van der Waals surface area contributed by atoms with Gasteiger partial charge in [-0.15, -0.1) is 8.78 Å². The third-order valence-corrected chi connectivity index (χ3v) is 3.60. The molecule has 2 aliphatic rings. The summed E-state index contributed by atoms with van der Waals surface area (Å²) in [5, 5.41) is 0. The summed E-state index contributed by atoms with van der Waals surface area (Å²) in [5.41, 5.74) is 1.01. The molecule has 5 heteroatoms. The summed E-state index contributed by atoms with van der Waals surface area (Å²) in [6.45, 7) is 3.45. The van der Waals surface area contributed by atoms with E-state index in [2.05, 4.69) is 14.4 Å². The molecule has 3 rings (SSSR count). The summed E-state index contributed by atoms with van der Waals surface area (Å²) in [5.74, 6) is 0.261. The van der Waals surface area contributed by atoms with Gasteiger partial charge in [0.2, 0.25) is 0 Å². The maximum Gasteiger partial charge on any atom is 0.586 e. The molecule has 0 aliphatic carbocycles. The second kappa shape index (κ2) is 4.96. The van der Waals surface area contributed by atoms with E-state index in [1.807, 2.05) is 6.07 Å². The Labute approximate surface area is 111 Å². The van der Waals surface area contributed by atoms with Crippen molar-refractivity contribution in [3.8, 4) is 11.5 Å². The quantitative estimate of drug-likeness (QED) is 0.838. The van der Waals surface area contributed by atoms with E-state index in [0.717, 1.165) is 24.9 Å².